The van der Waals surface area contributed by atoms with Crippen LogP contribution < -0.4 is 14.4 Å². The van der Waals surface area contributed by atoms with Crippen molar-refractivity contribution in [2.24, 2.45) is 0 Å². The summed E-state index contributed by atoms with van der Waals surface area (Å²) in [4.78, 5) is 9.49. The van der Waals surface area contributed by atoms with Gasteiger partial charge in [0, 0.05) is 49.5 Å². The van der Waals surface area contributed by atoms with Crippen LogP contribution in [0.3, 0.4) is 0 Å². The molecular weight excluding hydrogens is 378 g/mol. The Morgan fingerprint density at radius 2 is 1.53 bits per heavy atom. The third kappa shape index (κ3) is 4.49. The van der Waals surface area contributed by atoms with Crippen LogP contribution >= 0.6 is 0 Å². The number of benzene rings is 2. The quantitative estimate of drug-likeness (QED) is 0.673. The first-order chi connectivity index (χ1) is 14.7. The maximum absolute atomic E-state index is 9.48. The molecule has 0 atom stereocenters. The summed E-state index contributed by atoms with van der Waals surface area (Å²) in [5.74, 6) is 1.80. The van der Waals surface area contributed by atoms with E-state index < -0.39 is 0 Å². The molecular formula is C24H27N3O3. The molecule has 3 aromatic rings. The maximum Gasteiger partial charge on any atom is 0.218 e. The number of phenolic OH excluding ortho intramolecular Hbond substituents is 1. The molecule has 6 heteroatoms. The summed E-state index contributed by atoms with van der Waals surface area (Å²) in [5.41, 5.74) is 4.15. The molecule has 0 bridgehead atoms. The van der Waals surface area contributed by atoms with E-state index in [4.69, 9.17) is 14.5 Å². The van der Waals surface area contributed by atoms with Crippen molar-refractivity contribution in [1.82, 2.24) is 9.88 Å². The number of rotatable bonds is 6. The highest BCUT2D eigenvalue weighted by Gasteiger charge is 2.19. The average Bonchev–Trinajstić information content (AvgIpc) is 2.80. The first kappa shape index (κ1) is 20.0. The van der Waals surface area contributed by atoms with Crippen LogP contribution in [-0.4, -0.2) is 55.4 Å². The van der Waals surface area contributed by atoms with Crippen LogP contribution in [-0.2, 0) is 6.54 Å². The van der Waals surface area contributed by atoms with E-state index in [9.17, 15) is 5.11 Å². The number of pyridine rings is 1. The molecule has 1 aliphatic heterocycles. The van der Waals surface area contributed by atoms with Crippen molar-refractivity contribution in [2.45, 2.75) is 6.54 Å². The molecule has 0 aliphatic carbocycles. The van der Waals surface area contributed by atoms with E-state index in [-0.39, 0.29) is 0 Å². The molecule has 4 rings (SSSR count). The minimum absolute atomic E-state index is 0.301. The van der Waals surface area contributed by atoms with Gasteiger partial charge in [-0.1, -0.05) is 6.07 Å². The van der Waals surface area contributed by atoms with Crippen molar-refractivity contribution >= 4 is 5.69 Å². The predicted molar refractivity (Wildman–Crippen MR) is 118 cm³/mol. The maximum atomic E-state index is 9.48. The summed E-state index contributed by atoms with van der Waals surface area (Å²) in [6.07, 6.45) is 0. The van der Waals surface area contributed by atoms with E-state index in [0.29, 0.717) is 11.6 Å². The molecule has 0 unspecified atom stereocenters. The van der Waals surface area contributed by atoms with Gasteiger partial charge in [-0.3, -0.25) is 4.90 Å². The number of phenols is 1. The standard InChI is InChI=1S/C24H27N3O3/c1-29-22-10-3-18(4-11-22)23-12-5-19(24(25-23)30-2)17-26-13-15-27(16-14-26)20-6-8-21(28)9-7-20/h3-12,28H,13-17H2,1-2H3. The summed E-state index contributed by atoms with van der Waals surface area (Å²) in [6.45, 7) is 4.63. The summed E-state index contributed by atoms with van der Waals surface area (Å²) >= 11 is 0. The topological polar surface area (TPSA) is 58.1 Å². The van der Waals surface area contributed by atoms with Gasteiger partial charge >= 0.3 is 0 Å². The van der Waals surface area contributed by atoms with Gasteiger partial charge < -0.3 is 19.5 Å². The van der Waals surface area contributed by atoms with Crippen molar-refractivity contribution < 1.29 is 14.6 Å². The summed E-state index contributed by atoms with van der Waals surface area (Å²) in [5, 5.41) is 9.48. The highest BCUT2D eigenvalue weighted by atomic mass is 16.5. The number of anilines is 1. The van der Waals surface area contributed by atoms with Gasteiger partial charge in [0.05, 0.1) is 19.9 Å². The zero-order valence-electron chi connectivity index (χ0n) is 17.4. The molecule has 30 heavy (non-hydrogen) atoms. The van der Waals surface area contributed by atoms with Gasteiger partial charge in [-0.05, 0) is 54.6 Å². The van der Waals surface area contributed by atoms with Gasteiger partial charge in [0.2, 0.25) is 5.88 Å². The van der Waals surface area contributed by atoms with E-state index >= 15 is 0 Å². The number of aromatic hydroxyl groups is 1. The van der Waals surface area contributed by atoms with Crippen molar-refractivity contribution in [3.05, 3.63) is 66.2 Å². The van der Waals surface area contributed by atoms with Crippen LogP contribution in [0.2, 0.25) is 0 Å². The number of hydrogen-bond donors (Lipinski definition) is 1. The number of hydrogen-bond acceptors (Lipinski definition) is 6. The fourth-order valence-electron chi connectivity index (χ4n) is 3.76. The smallest absolute Gasteiger partial charge is 0.218 e. The Morgan fingerprint density at radius 3 is 2.17 bits per heavy atom. The zero-order valence-corrected chi connectivity index (χ0v) is 17.4. The Balaban J connectivity index is 1.41. The molecule has 2 heterocycles. The molecule has 6 nitrogen and oxygen atoms in total. The van der Waals surface area contributed by atoms with Crippen LogP contribution in [0.4, 0.5) is 5.69 Å². The van der Waals surface area contributed by atoms with Crippen molar-refractivity contribution in [3.63, 3.8) is 0 Å². The van der Waals surface area contributed by atoms with Gasteiger partial charge in [-0.2, -0.15) is 0 Å². The molecule has 0 spiro atoms. The Kier molecular flexibility index (Phi) is 6.05. The third-order valence-corrected chi connectivity index (χ3v) is 5.50. The molecule has 1 fully saturated rings. The Bertz CT molecular complexity index is 966. The lowest BCUT2D eigenvalue weighted by Crippen LogP contribution is -2.46. The Morgan fingerprint density at radius 1 is 0.833 bits per heavy atom. The van der Waals surface area contributed by atoms with E-state index in [1.54, 1.807) is 26.4 Å². The van der Waals surface area contributed by atoms with E-state index in [2.05, 4.69) is 15.9 Å². The fourth-order valence-corrected chi connectivity index (χ4v) is 3.76. The lowest BCUT2D eigenvalue weighted by atomic mass is 10.1. The van der Waals surface area contributed by atoms with Gasteiger partial charge in [0.1, 0.15) is 11.5 Å². The van der Waals surface area contributed by atoms with E-state index in [1.807, 2.05) is 42.5 Å². The second-order valence-corrected chi connectivity index (χ2v) is 7.37. The monoisotopic (exact) mass is 405 g/mol. The molecule has 2 aromatic carbocycles. The molecule has 0 radical (unpaired) electrons. The molecule has 1 N–H and O–H groups in total. The SMILES string of the molecule is COc1ccc(-c2ccc(CN3CCN(c4ccc(O)cc4)CC3)c(OC)n2)cc1. The average molecular weight is 405 g/mol. The lowest BCUT2D eigenvalue weighted by Gasteiger charge is -2.36. The second-order valence-electron chi connectivity index (χ2n) is 7.37. The van der Waals surface area contributed by atoms with Crippen LogP contribution in [0.15, 0.2) is 60.7 Å². The number of methoxy groups -OCH3 is 2. The zero-order chi connectivity index (χ0) is 20.9. The summed E-state index contributed by atoms with van der Waals surface area (Å²) in [6, 6.07) is 19.4. The normalized spacial score (nSPS) is 14.5. The predicted octanol–water partition coefficient (Wildman–Crippen LogP) is 3.79. The lowest BCUT2D eigenvalue weighted by molar-refractivity contribution is 0.245. The van der Waals surface area contributed by atoms with Crippen LogP contribution in [0.5, 0.6) is 17.4 Å². The highest BCUT2D eigenvalue weighted by Crippen LogP contribution is 2.26. The molecule has 0 amide bonds. The van der Waals surface area contributed by atoms with Crippen LogP contribution in [0, 0.1) is 0 Å². The molecule has 1 aromatic heterocycles. The minimum Gasteiger partial charge on any atom is -0.508 e. The van der Waals surface area contributed by atoms with E-state index in [0.717, 1.165) is 61.0 Å². The van der Waals surface area contributed by atoms with Crippen molar-refractivity contribution in [3.8, 4) is 28.6 Å². The largest absolute Gasteiger partial charge is 0.508 e. The van der Waals surface area contributed by atoms with Crippen LogP contribution in [0.1, 0.15) is 5.56 Å². The Hall–Kier alpha value is -3.25. The first-order valence-corrected chi connectivity index (χ1v) is 10.1. The van der Waals surface area contributed by atoms with Gasteiger partial charge in [-0.15, -0.1) is 0 Å². The Labute approximate surface area is 177 Å². The number of aromatic nitrogens is 1. The van der Waals surface area contributed by atoms with Gasteiger partial charge in [0.25, 0.3) is 0 Å². The number of nitrogens with zero attached hydrogens (tertiary/aromatic N) is 3. The first-order valence-electron chi connectivity index (χ1n) is 10.1. The fraction of sp³-hybridized carbons (Fsp3) is 0.292. The van der Waals surface area contributed by atoms with Gasteiger partial charge in [0.15, 0.2) is 0 Å². The summed E-state index contributed by atoms with van der Waals surface area (Å²) < 4.78 is 10.8. The molecule has 0 saturated carbocycles. The minimum atomic E-state index is 0.301. The molecule has 1 saturated heterocycles. The van der Waals surface area contributed by atoms with E-state index in [1.165, 1.54) is 0 Å². The molecule has 1 aliphatic rings. The number of piperazine rings is 1. The third-order valence-electron chi connectivity index (χ3n) is 5.50. The van der Waals surface area contributed by atoms with Crippen molar-refractivity contribution in [1.29, 1.82) is 0 Å². The number of ether oxygens (including phenoxy) is 2. The highest BCUT2D eigenvalue weighted by molar-refractivity contribution is 5.61. The van der Waals surface area contributed by atoms with Gasteiger partial charge in [-0.25, -0.2) is 4.98 Å². The van der Waals surface area contributed by atoms with Crippen LogP contribution in [0.25, 0.3) is 11.3 Å². The molecule has 156 valence electrons. The second kappa shape index (κ2) is 9.05. The van der Waals surface area contributed by atoms with Crippen molar-refractivity contribution in [2.75, 3.05) is 45.3 Å². The summed E-state index contributed by atoms with van der Waals surface area (Å²) in [7, 11) is 3.34.